The summed E-state index contributed by atoms with van der Waals surface area (Å²) in [6.07, 6.45) is 1.52. The predicted molar refractivity (Wildman–Crippen MR) is 126 cm³/mol. The number of hydrogen-bond donors (Lipinski definition) is 0. The van der Waals surface area contributed by atoms with Crippen molar-refractivity contribution in [2.75, 3.05) is 24.5 Å². The molecule has 2 aliphatic rings. The maximum absolute atomic E-state index is 13.3. The van der Waals surface area contributed by atoms with Gasteiger partial charge in [-0.1, -0.05) is 18.5 Å². The molecule has 7 nitrogen and oxygen atoms in total. The zero-order valence-electron chi connectivity index (χ0n) is 19.5. The Balaban J connectivity index is 1.45. The molecule has 2 atom stereocenters. The van der Waals surface area contributed by atoms with Gasteiger partial charge in [0.25, 0.3) is 5.91 Å². The highest BCUT2D eigenvalue weighted by molar-refractivity contribution is 6.33. The minimum absolute atomic E-state index is 0.185. The maximum atomic E-state index is 13.3. The highest BCUT2D eigenvalue weighted by Crippen LogP contribution is 2.35. The van der Waals surface area contributed by atoms with Crippen molar-refractivity contribution in [3.63, 3.8) is 0 Å². The first kappa shape index (κ1) is 23.8. The second kappa shape index (κ2) is 8.96. The van der Waals surface area contributed by atoms with E-state index < -0.39 is 17.6 Å². The summed E-state index contributed by atoms with van der Waals surface area (Å²) in [6, 6.07) is 2.30. The van der Waals surface area contributed by atoms with Crippen LogP contribution in [-0.2, 0) is 6.18 Å². The standard InChI is InChI=1S/C24H26ClF3N6O/c1-14-6-8-32(12-14)22-15(2)13-34-20(30-22)10-18(31-34)19-5-3-4-7-33(19)23(35)21-17(25)9-16(11-29-21)24(26,27)28/h9-11,13-14,19H,3-8,12H2,1-2H3/t14-,19-/m0/s1. The van der Waals surface area contributed by atoms with E-state index in [1.807, 2.05) is 19.2 Å². The Hall–Kier alpha value is -2.88. The van der Waals surface area contributed by atoms with Crippen molar-refractivity contribution < 1.29 is 18.0 Å². The number of alkyl halides is 3. The van der Waals surface area contributed by atoms with Crippen LogP contribution in [0.25, 0.3) is 5.65 Å². The van der Waals surface area contributed by atoms with Crippen molar-refractivity contribution in [1.82, 2.24) is 24.5 Å². The molecule has 3 aromatic rings. The molecule has 0 radical (unpaired) electrons. The summed E-state index contributed by atoms with van der Waals surface area (Å²) in [4.78, 5) is 25.9. The van der Waals surface area contributed by atoms with E-state index in [4.69, 9.17) is 21.7 Å². The smallest absolute Gasteiger partial charge is 0.356 e. The van der Waals surface area contributed by atoms with Gasteiger partial charge in [0, 0.05) is 43.7 Å². The third-order valence-electron chi connectivity index (χ3n) is 6.82. The van der Waals surface area contributed by atoms with E-state index in [1.165, 1.54) is 0 Å². The predicted octanol–water partition coefficient (Wildman–Crippen LogP) is 5.32. The first-order valence-corrected chi connectivity index (χ1v) is 12.1. The molecule has 35 heavy (non-hydrogen) atoms. The number of piperidine rings is 1. The molecule has 1 amide bonds. The molecule has 0 saturated carbocycles. The highest BCUT2D eigenvalue weighted by Gasteiger charge is 2.35. The van der Waals surface area contributed by atoms with Crippen LogP contribution >= 0.6 is 11.6 Å². The lowest BCUT2D eigenvalue weighted by molar-refractivity contribution is -0.137. The van der Waals surface area contributed by atoms with Gasteiger partial charge in [-0.25, -0.2) is 14.5 Å². The molecule has 11 heteroatoms. The average molecular weight is 507 g/mol. The van der Waals surface area contributed by atoms with Gasteiger partial charge >= 0.3 is 6.18 Å². The SMILES string of the molecule is Cc1cn2nc([C@@H]3CCCCN3C(=O)c3ncc(C(F)(F)F)cc3Cl)cc2nc1N1CC[C@H](C)C1. The lowest BCUT2D eigenvalue weighted by Crippen LogP contribution is -2.39. The molecule has 0 N–H and O–H groups in total. The lowest BCUT2D eigenvalue weighted by Gasteiger charge is -2.34. The Morgan fingerprint density at radius 1 is 1.17 bits per heavy atom. The molecule has 186 valence electrons. The normalized spacial score (nSPS) is 21.2. The number of aryl methyl sites for hydroxylation is 1. The van der Waals surface area contributed by atoms with Crippen LogP contribution in [0, 0.1) is 12.8 Å². The van der Waals surface area contributed by atoms with Crippen LogP contribution in [0.3, 0.4) is 0 Å². The Morgan fingerprint density at radius 2 is 1.97 bits per heavy atom. The molecule has 5 heterocycles. The number of likely N-dealkylation sites (tertiary alicyclic amines) is 1. The van der Waals surface area contributed by atoms with E-state index >= 15 is 0 Å². The fourth-order valence-electron chi connectivity index (χ4n) is 5.00. The molecule has 0 bridgehead atoms. The van der Waals surface area contributed by atoms with Gasteiger partial charge in [0.15, 0.2) is 5.65 Å². The van der Waals surface area contributed by atoms with Crippen LogP contribution in [0.4, 0.5) is 19.0 Å². The number of pyridine rings is 1. The molecule has 0 aromatic carbocycles. The number of amides is 1. The molecule has 3 aromatic heterocycles. The number of halogens is 4. The van der Waals surface area contributed by atoms with Crippen molar-refractivity contribution >= 4 is 29.0 Å². The van der Waals surface area contributed by atoms with E-state index in [-0.39, 0.29) is 16.8 Å². The minimum atomic E-state index is -4.58. The van der Waals surface area contributed by atoms with E-state index in [9.17, 15) is 18.0 Å². The monoisotopic (exact) mass is 506 g/mol. The summed E-state index contributed by atoms with van der Waals surface area (Å²) in [5.41, 5.74) is 1.25. The zero-order chi connectivity index (χ0) is 24.9. The summed E-state index contributed by atoms with van der Waals surface area (Å²) < 4.78 is 40.7. The van der Waals surface area contributed by atoms with Crippen LogP contribution in [0.1, 0.15) is 66.0 Å². The number of carbonyl (C=O) groups is 1. The molecule has 0 unspecified atom stereocenters. The minimum Gasteiger partial charge on any atom is -0.356 e. The molecule has 2 aliphatic heterocycles. The van der Waals surface area contributed by atoms with E-state index in [2.05, 4.69) is 16.8 Å². The number of hydrogen-bond acceptors (Lipinski definition) is 5. The maximum Gasteiger partial charge on any atom is 0.417 e. The molecule has 5 rings (SSSR count). The highest BCUT2D eigenvalue weighted by atomic mass is 35.5. The second-order valence-corrected chi connectivity index (χ2v) is 9.93. The summed E-state index contributed by atoms with van der Waals surface area (Å²) in [5.74, 6) is 1.08. The number of anilines is 1. The summed E-state index contributed by atoms with van der Waals surface area (Å²) >= 11 is 6.07. The summed E-state index contributed by atoms with van der Waals surface area (Å²) in [6.45, 7) is 6.63. The van der Waals surface area contributed by atoms with Crippen LogP contribution in [0.5, 0.6) is 0 Å². The Kier molecular flexibility index (Phi) is 6.11. The lowest BCUT2D eigenvalue weighted by atomic mass is 9.99. The molecule has 2 fully saturated rings. The number of fused-ring (bicyclic) bond motifs is 1. The summed E-state index contributed by atoms with van der Waals surface area (Å²) in [5, 5.41) is 4.40. The Morgan fingerprint density at radius 3 is 2.66 bits per heavy atom. The fraction of sp³-hybridized carbons (Fsp3) is 0.500. The van der Waals surface area contributed by atoms with Gasteiger partial charge in [0.2, 0.25) is 0 Å². The second-order valence-electron chi connectivity index (χ2n) is 9.52. The van der Waals surface area contributed by atoms with E-state index in [0.717, 1.165) is 49.8 Å². The van der Waals surface area contributed by atoms with Gasteiger partial charge in [-0.05, 0) is 44.6 Å². The quantitative estimate of drug-likeness (QED) is 0.481. The third-order valence-corrected chi connectivity index (χ3v) is 7.11. The van der Waals surface area contributed by atoms with Crippen molar-refractivity contribution in [3.05, 3.63) is 52.1 Å². The molecular weight excluding hydrogens is 481 g/mol. The van der Waals surface area contributed by atoms with Gasteiger partial charge in [0.1, 0.15) is 11.5 Å². The van der Waals surface area contributed by atoms with Crippen LogP contribution in [-0.4, -0.2) is 50.0 Å². The van der Waals surface area contributed by atoms with Crippen molar-refractivity contribution in [1.29, 1.82) is 0 Å². The average Bonchev–Trinajstić information content (AvgIpc) is 3.43. The van der Waals surface area contributed by atoms with Crippen molar-refractivity contribution in [2.24, 2.45) is 5.92 Å². The third kappa shape index (κ3) is 4.55. The van der Waals surface area contributed by atoms with Gasteiger partial charge in [0.05, 0.1) is 22.3 Å². The van der Waals surface area contributed by atoms with Crippen molar-refractivity contribution in [2.45, 2.75) is 51.7 Å². The Labute approximate surface area is 205 Å². The Bertz CT molecular complexity index is 1280. The number of nitrogens with zero attached hydrogens (tertiary/aromatic N) is 6. The van der Waals surface area contributed by atoms with E-state index in [1.54, 1.807) is 9.42 Å². The van der Waals surface area contributed by atoms with Gasteiger partial charge in [-0.3, -0.25) is 4.79 Å². The molecular formula is C24H26ClF3N6O. The van der Waals surface area contributed by atoms with Gasteiger partial charge < -0.3 is 9.80 Å². The fourth-order valence-corrected chi connectivity index (χ4v) is 5.25. The summed E-state index contributed by atoms with van der Waals surface area (Å²) in [7, 11) is 0. The van der Waals surface area contributed by atoms with Crippen LogP contribution < -0.4 is 4.90 Å². The molecule has 0 aliphatic carbocycles. The number of carbonyl (C=O) groups excluding carboxylic acids is 1. The van der Waals surface area contributed by atoms with E-state index in [0.29, 0.717) is 36.4 Å². The van der Waals surface area contributed by atoms with Crippen molar-refractivity contribution in [3.8, 4) is 0 Å². The first-order chi connectivity index (χ1) is 16.6. The molecule has 2 saturated heterocycles. The largest absolute Gasteiger partial charge is 0.417 e. The topological polar surface area (TPSA) is 66.6 Å². The zero-order valence-corrected chi connectivity index (χ0v) is 20.3. The van der Waals surface area contributed by atoms with Crippen LogP contribution in [0.15, 0.2) is 24.5 Å². The number of rotatable bonds is 3. The van der Waals surface area contributed by atoms with Gasteiger partial charge in [-0.2, -0.15) is 18.3 Å². The first-order valence-electron chi connectivity index (χ1n) is 11.8. The molecule has 0 spiro atoms. The number of aromatic nitrogens is 4. The van der Waals surface area contributed by atoms with Crippen LogP contribution in [0.2, 0.25) is 5.02 Å². The van der Waals surface area contributed by atoms with Gasteiger partial charge in [-0.15, -0.1) is 0 Å².